The Labute approximate surface area is 131 Å². The molecule has 21 heavy (non-hydrogen) atoms. The molecule has 5 heteroatoms. The smallest absolute Gasteiger partial charge is 0.315 e. The van der Waals surface area contributed by atoms with Crippen LogP contribution in [0.25, 0.3) is 0 Å². The summed E-state index contributed by atoms with van der Waals surface area (Å²) in [4.78, 5) is 17.8. The zero-order valence-electron chi connectivity index (χ0n) is 13.7. The molecule has 1 aromatic rings. The van der Waals surface area contributed by atoms with E-state index in [9.17, 15) is 4.79 Å². The Kier molecular flexibility index (Phi) is 4.91. The summed E-state index contributed by atoms with van der Waals surface area (Å²) in [6.45, 7) is 12.2. The van der Waals surface area contributed by atoms with Crippen molar-refractivity contribution >= 4 is 22.4 Å². The van der Waals surface area contributed by atoms with E-state index in [-0.39, 0.29) is 17.3 Å². The molecular weight excluding hydrogens is 284 g/mol. The van der Waals surface area contributed by atoms with Crippen molar-refractivity contribution in [3.63, 3.8) is 0 Å². The molecule has 0 fully saturated rings. The van der Waals surface area contributed by atoms with Crippen molar-refractivity contribution in [3.8, 4) is 0 Å². The first-order chi connectivity index (χ1) is 9.85. The number of thiazole rings is 1. The van der Waals surface area contributed by atoms with E-state index in [0.29, 0.717) is 12.5 Å². The highest BCUT2D eigenvalue weighted by molar-refractivity contribution is 7.15. The third kappa shape index (κ3) is 3.57. The lowest BCUT2D eigenvalue weighted by Crippen LogP contribution is -2.28. The van der Waals surface area contributed by atoms with Crippen LogP contribution in [0.2, 0.25) is 0 Å². The molecule has 1 atom stereocenters. The molecule has 0 aromatic carbocycles. The summed E-state index contributed by atoms with van der Waals surface area (Å²) in [6, 6.07) is 0. The van der Waals surface area contributed by atoms with Crippen LogP contribution >= 0.6 is 11.3 Å². The molecule has 0 bridgehead atoms. The van der Waals surface area contributed by atoms with Crippen LogP contribution in [0, 0.1) is 11.3 Å². The number of rotatable bonds is 6. The Morgan fingerprint density at radius 3 is 2.86 bits per heavy atom. The predicted octanol–water partition coefficient (Wildman–Crippen LogP) is 3.83. The van der Waals surface area contributed by atoms with Gasteiger partial charge in [0.05, 0.1) is 12.3 Å². The van der Waals surface area contributed by atoms with Crippen molar-refractivity contribution in [2.24, 2.45) is 11.3 Å². The highest BCUT2D eigenvalue weighted by Crippen LogP contribution is 2.39. The van der Waals surface area contributed by atoms with E-state index in [4.69, 9.17) is 4.74 Å². The molecule has 1 aliphatic rings. The molecule has 0 saturated carbocycles. The Hall–Kier alpha value is -1.10. The number of fused-ring (bicyclic) bond motifs is 1. The van der Waals surface area contributed by atoms with Gasteiger partial charge in [-0.1, -0.05) is 27.7 Å². The van der Waals surface area contributed by atoms with Crippen LogP contribution < -0.4 is 5.32 Å². The molecule has 118 valence electrons. The van der Waals surface area contributed by atoms with Gasteiger partial charge in [0, 0.05) is 11.4 Å². The zero-order valence-corrected chi connectivity index (χ0v) is 14.5. The summed E-state index contributed by atoms with van der Waals surface area (Å²) in [5.74, 6) is 0.310. The number of aryl methyl sites for hydroxylation is 1. The van der Waals surface area contributed by atoms with E-state index < -0.39 is 0 Å². The summed E-state index contributed by atoms with van der Waals surface area (Å²) >= 11 is 1.68. The first-order valence-corrected chi connectivity index (χ1v) is 8.57. The van der Waals surface area contributed by atoms with Crippen molar-refractivity contribution in [1.82, 2.24) is 4.98 Å². The van der Waals surface area contributed by atoms with E-state index >= 15 is 0 Å². The quantitative estimate of drug-likeness (QED) is 0.811. The monoisotopic (exact) mass is 310 g/mol. The lowest BCUT2D eigenvalue weighted by atomic mass is 9.81. The number of nitrogens with one attached hydrogen (secondary N) is 1. The van der Waals surface area contributed by atoms with Crippen LogP contribution in [0.15, 0.2) is 0 Å². The molecule has 1 heterocycles. The van der Waals surface area contributed by atoms with Gasteiger partial charge in [-0.25, -0.2) is 4.98 Å². The molecule has 0 spiro atoms. The van der Waals surface area contributed by atoms with Crippen LogP contribution in [-0.2, 0) is 16.0 Å². The van der Waals surface area contributed by atoms with Crippen molar-refractivity contribution < 1.29 is 9.53 Å². The Morgan fingerprint density at radius 2 is 2.24 bits per heavy atom. The minimum atomic E-state index is -0.162. The number of carbonyl (C=O) groups is 1. The summed E-state index contributed by atoms with van der Waals surface area (Å²) in [6.07, 6.45) is 1.77. The number of nitrogens with zero attached hydrogens (tertiary/aromatic N) is 1. The summed E-state index contributed by atoms with van der Waals surface area (Å²) < 4.78 is 5.14. The minimum Gasteiger partial charge on any atom is -0.465 e. The molecule has 1 unspecified atom stereocenters. The number of anilines is 1. The van der Waals surface area contributed by atoms with E-state index in [1.165, 1.54) is 4.88 Å². The molecule has 0 aliphatic heterocycles. The van der Waals surface area contributed by atoms with Crippen molar-refractivity contribution in [2.75, 3.05) is 18.5 Å². The average molecular weight is 310 g/mol. The van der Waals surface area contributed by atoms with Crippen molar-refractivity contribution in [3.05, 3.63) is 10.6 Å². The normalized spacial score (nSPS) is 17.9. The van der Waals surface area contributed by atoms with Gasteiger partial charge >= 0.3 is 5.97 Å². The molecule has 1 aliphatic carbocycles. The first-order valence-electron chi connectivity index (χ1n) is 7.75. The molecule has 2 rings (SSSR count). The second kappa shape index (κ2) is 6.34. The van der Waals surface area contributed by atoms with Gasteiger partial charge in [-0.15, -0.1) is 11.3 Å². The number of aromatic nitrogens is 1. The van der Waals surface area contributed by atoms with E-state index in [2.05, 4.69) is 38.0 Å². The topological polar surface area (TPSA) is 51.2 Å². The van der Waals surface area contributed by atoms with Gasteiger partial charge in [0.2, 0.25) is 0 Å². The molecule has 0 saturated heterocycles. The summed E-state index contributed by atoms with van der Waals surface area (Å²) in [7, 11) is 0. The maximum absolute atomic E-state index is 11.9. The van der Waals surface area contributed by atoms with Gasteiger partial charge in [-0.2, -0.15) is 0 Å². The fourth-order valence-electron chi connectivity index (χ4n) is 2.28. The van der Waals surface area contributed by atoms with Crippen molar-refractivity contribution in [1.29, 1.82) is 0 Å². The van der Waals surface area contributed by atoms with Crippen molar-refractivity contribution in [2.45, 2.75) is 53.4 Å². The molecule has 0 radical (unpaired) electrons. The Morgan fingerprint density at radius 1 is 1.52 bits per heavy atom. The Balaban J connectivity index is 2.03. The SMILES string of the molecule is CCOC(=O)C1CCc2sc(NCC(C)(C)C(C)C)nc21. The molecule has 1 aromatic heterocycles. The molecule has 4 nitrogen and oxygen atoms in total. The van der Waals surface area contributed by atoms with E-state index in [1.54, 1.807) is 11.3 Å². The van der Waals surface area contributed by atoms with Gasteiger partial charge in [-0.3, -0.25) is 4.79 Å². The number of carbonyl (C=O) groups excluding carboxylic acids is 1. The van der Waals surface area contributed by atoms with Crippen LogP contribution in [0.4, 0.5) is 5.13 Å². The van der Waals surface area contributed by atoms with E-state index in [0.717, 1.165) is 30.2 Å². The average Bonchev–Trinajstić information content (AvgIpc) is 2.95. The Bertz CT molecular complexity index is 508. The summed E-state index contributed by atoms with van der Waals surface area (Å²) in [5, 5.41) is 4.38. The van der Waals surface area contributed by atoms with Gasteiger partial charge in [0.15, 0.2) is 5.13 Å². The fourth-order valence-corrected chi connectivity index (χ4v) is 3.32. The first kappa shape index (κ1) is 16.3. The van der Waals surface area contributed by atoms with Gasteiger partial charge in [0.25, 0.3) is 0 Å². The number of ether oxygens (including phenoxy) is 1. The maximum atomic E-state index is 11.9. The molecule has 1 N–H and O–H groups in total. The zero-order chi connectivity index (χ0) is 15.6. The fraction of sp³-hybridized carbons (Fsp3) is 0.750. The van der Waals surface area contributed by atoms with E-state index in [1.807, 2.05) is 6.92 Å². The number of esters is 1. The van der Waals surface area contributed by atoms with Crippen LogP contribution in [0.3, 0.4) is 0 Å². The van der Waals surface area contributed by atoms with Gasteiger partial charge < -0.3 is 10.1 Å². The van der Waals surface area contributed by atoms with Crippen LogP contribution in [-0.4, -0.2) is 24.1 Å². The standard InChI is InChI=1S/C16H26N2O2S/c1-6-20-14(19)11-7-8-12-13(11)18-15(21-12)17-9-16(4,5)10(2)3/h10-11H,6-9H2,1-5H3,(H,17,18). The minimum absolute atomic E-state index is 0.129. The van der Waals surface area contributed by atoms with Gasteiger partial charge in [0.1, 0.15) is 5.92 Å². The lowest BCUT2D eigenvalue weighted by Gasteiger charge is -2.29. The van der Waals surface area contributed by atoms with Crippen LogP contribution in [0.1, 0.15) is 57.5 Å². The maximum Gasteiger partial charge on any atom is 0.315 e. The molecular formula is C16H26N2O2S. The number of hydrogen-bond acceptors (Lipinski definition) is 5. The number of hydrogen-bond donors (Lipinski definition) is 1. The largest absolute Gasteiger partial charge is 0.465 e. The third-order valence-corrected chi connectivity index (χ3v) is 5.64. The summed E-state index contributed by atoms with van der Waals surface area (Å²) in [5.41, 5.74) is 1.15. The van der Waals surface area contributed by atoms with Crippen LogP contribution in [0.5, 0.6) is 0 Å². The highest BCUT2D eigenvalue weighted by atomic mass is 32.1. The lowest BCUT2D eigenvalue weighted by molar-refractivity contribution is -0.145. The predicted molar refractivity (Wildman–Crippen MR) is 86.9 cm³/mol. The second-order valence-corrected chi connectivity index (χ2v) is 7.75. The van der Waals surface area contributed by atoms with Gasteiger partial charge in [-0.05, 0) is 31.1 Å². The second-order valence-electron chi connectivity index (χ2n) is 6.67. The molecule has 0 amide bonds. The third-order valence-electron chi connectivity index (χ3n) is 4.55. The highest BCUT2D eigenvalue weighted by Gasteiger charge is 2.33.